The van der Waals surface area contributed by atoms with E-state index in [4.69, 9.17) is 0 Å². The molecule has 0 bridgehead atoms. The first-order valence-electron chi connectivity index (χ1n) is 13.8. The predicted molar refractivity (Wildman–Crippen MR) is 167 cm³/mol. The van der Waals surface area contributed by atoms with E-state index in [1.54, 1.807) is 0 Å². The normalized spacial score (nSPS) is 8.47. The number of rotatable bonds is 1. The van der Waals surface area contributed by atoms with E-state index in [0.717, 1.165) is 22.7 Å². The molecule has 0 aliphatic heterocycles. The van der Waals surface area contributed by atoms with Gasteiger partial charge in [-0.1, -0.05) is 101 Å². The Bertz CT molecular complexity index is 752. The third-order valence-electron chi connectivity index (χ3n) is 3.07. The third kappa shape index (κ3) is 31.2. The van der Waals surface area contributed by atoms with E-state index in [9.17, 15) is 0 Å². The Morgan fingerprint density at radius 3 is 1.33 bits per heavy atom. The van der Waals surface area contributed by atoms with Crippen LogP contribution in [0, 0.1) is 11.8 Å². The topological polar surface area (TPSA) is 49.4 Å². The largest absolute Gasteiger partial charge is 0.368 e. The van der Waals surface area contributed by atoms with E-state index < -0.39 is 0 Å². The van der Waals surface area contributed by atoms with Gasteiger partial charge in [-0.05, 0) is 56.0 Å². The summed E-state index contributed by atoms with van der Waals surface area (Å²) in [5.41, 5.74) is 1.09. The Morgan fingerprint density at radius 1 is 0.611 bits per heavy atom. The van der Waals surface area contributed by atoms with Crippen molar-refractivity contribution in [3.05, 3.63) is 79.5 Å². The van der Waals surface area contributed by atoms with Crippen molar-refractivity contribution < 1.29 is 0 Å². The van der Waals surface area contributed by atoms with Crippen molar-refractivity contribution in [3.8, 4) is 0 Å². The predicted octanol–water partition coefficient (Wildman–Crippen LogP) is 11.0. The second-order valence-electron chi connectivity index (χ2n) is 8.53. The van der Waals surface area contributed by atoms with Crippen molar-refractivity contribution in [2.45, 2.75) is 103 Å². The fraction of sp³-hybridized carbons (Fsp3) is 0.531. The molecule has 208 valence electrons. The lowest BCUT2D eigenvalue weighted by Gasteiger charge is -2.03. The zero-order chi connectivity index (χ0) is 28.8. The third-order valence-corrected chi connectivity index (χ3v) is 3.07. The van der Waals surface area contributed by atoms with Crippen LogP contribution < -0.4 is 0 Å². The molecule has 0 aliphatic carbocycles. The van der Waals surface area contributed by atoms with Crippen LogP contribution in [0.15, 0.2) is 79.5 Å². The number of benzene rings is 1. The van der Waals surface area contributed by atoms with Gasteiger partial charge < -0.3 is 9.55 Å². The van der Waals surface area contributed by atoms with Crippen LogP contribution >= 0.6 is 0 Å². The van der Waals surface area contributed by atoms with Crippen LogP contribution in [0.4, 0.5) is 0 Å². The molecule has 0 saturated heterocycles. The van der Waals surface area contributed by atoms with E-state index in [1.165, 1.54) is 0 Å². The number of aromatic amines is 2. The second kappa shape index (κ2) is 32.2. The molecule has 4 heteroatoms. The summed E-state index contributed by atoms with van der Waals surface area (Å²) in [5, 5.41) is 7.91. The van der Waals surface area contributed by atoms with Gasteiger partial charge in [0.25, 0.3) is 0 Å². The summed E-state index contributed by atoms with van der Waals surface area (Å²) in [6, 6.07) is 16.6. The summed E-state index contributed by atoms with van der Waals surface area (Å²) in [7, 11) is 0. The quantitative estimate of drug-likeness (QED) is 0.268. The summed E-state index contributed by atoms with van der Waals surface area (Å²) in [4.78, 5) is 2.86. The molecular weight excluding hydrogens is 440 g/mol. The highest BCUT2D eigenvalue weighted by atomic mass is 15.1. The smallest absolute Gasteiger partial charge is 0.0650 e. The van der Waals surface area contributed by atoms with Crippen molar-refractivity contribution in [1.82, 2.24) is 19.7 Å². The van der Waals surface area contributed by atoms with Crippen molar-refractivity contribution in [3.63, 3.8) is 0 Å². The minimum Gasteiger partial charge on any atom is -0.368 e. The average molecular weight is 501 g/mol. The molecule has 4 nitrogen and oxygen atoms in total. The fourth-order valence-electron chi connectivity index (χ4n) is 1.85. The standard InChI is InChI=1S/C7H6N2.C7H11N.C4H5N.2C4H10.3C2H6/c1-2-4-7-6(3-1)5-8-9-7;1-7(2)8-5-3-4-6-8;1-2-4-5-3-1;2*1-4(2)3;3*1-2/h1-5H,(H,8,9);3-7H,1-2H3;1-5H;2*4H,1-3H3;3*1-2H3. The molecule has 4 rings (SSSR count). The van der Waals surface area contributed by atoms with Gasteiger partial charge in [0, 0.05) is 36.2 Å². The van der Waals surface area contributed by atoms with E-state index >= 15 is 0 Å². The van der Waals surface area contributed by atoms with Gasteiger partial charge in [0.1, 0.15) is 0 Å². The Morgan fingerprint density at radius 2 is 1.03 bits per heavy atom. The number of hydrogen-bond donors (Lipinski definition) is 2. The van der Waals surface area contributed by atoms with Gasteiger partial charge in [-0.15, -0.1) is 0 Å². The molecule has 3 heterocycles. The molecule has 0 spiro atoms. The Hall–Kier alpha value is -2.75. The molecule has 0 radical (unpaired) electrons. The maximum absolute atomic E-state index is 3.88. The highest BCUT2D eigenvalue weighted by molar-refractivity contribution is 5.77. The van der Waals surface area contributed by atoms with Crippen LogP contribution in [0.3, 0.4) is 0 Å². The van der Waals surface area contributed by atoms with E-state index in [-0.39, 0.29) is 0 Å². The van der Waals surface area contributed by atoms with E-state index in [0.29, 0.717) is 6.04 Å². The molecule has 0 aliphatic rings. The number of fused-ring (bicyclic) bond motifs is 1. The first kappa shape index (κ1) is 40.4. The van der Waals surface area contributed by atoms with E-state index in [1.807, 2.05) is 109 Å². The van der Waals surface area contributed by atoms with Crippen LogP contribution in [0.1, 0.15) is 103 Å². The first-order valence-corrected chi connectivity index (χ1v) is 13.8. The summed E-state index contributed by atoms with van der Waals surface area (Å²) in [6.07, 6.45) is 9.71. The lowest BCUT2D eigenvalue weighted by molar-refractivity contribution is 0.604. The lowest BCUT2D eigenvalue weighted by Crippen LogP contribution is -1.94. The number of aromatic nitrogens is 4. The van der Waals surface area contributed by atoms with Crippen LogP contribution in [-0.2, 0) is 0 Å². The molecule has 2 N–H and O–H groups in total. The molecule has 0 unspecified atom stereocenters. The van der Waals surface area contributed by atoms with Gasteiger partial charge in [0.15, 0.2) is 0 Å². The number of nitrogens with one attached hydrogen (secondary N) is 2. The van der Waals surface area contributed by atoms with Gasteiger partial charge in [-0.2, -0.15) is 5.10 Å². The van der Waals surface area contributed by atoms with Crippen LogP contribution in [-0.4, -0.2) is 19.7 Å². The zero-order valence-electron chi connectivity index (χ0n) is 26.1. The van der Waals surface area contributed by atoms with Crippen LogP contribution in [0.5, 0.6) is 0 Å². The highest BCUT2D eigenvalue weighted by Gasteiger charge is 1.90. The zero-order valence-corrected chi connectivity index (χ0v) is 26.1. The number of hydrogen-bond acceptors (Lipinski definition) is 1. The highest BCUT2D eigenvalue weighted by Crippen LogP contribution is 2.07. The van der Waals surface area contributed by atoms with Gasteiger partial charge in [-0.25, -0.2) is 0 Å². The Labute approximate surface area is 224 Å². The van der Waals surface area contributed by atoms with E-state index in [2.05, 4.69) is 87.5 Å². The fourth-order valence-corrected chi connectivity index (χ4v) is 1.85. The van der Waals surface area contributed by atoms with Crippen molar-refractivity contribution in [2.75, 3.05) is 0 Å². The molecule has 0 amide bonds. The first-order chi connectivity index (χ1) is 17.2. The van der Waals surface area contributed by atoms with Crippen LogP contribution in [0.2, 0.25) is 0 Å². The number of H-pyrrole nitrogens is 2. The minimum absolute atomic E-state index is 0.602. The van der Waals surface area contributed by atoms with Gasteiger partial charge in [0.05, 0.1) is 11.7 Å². The summed E-state index contributed by atoms with van der Waals surface area (Å²) in [5.74, 6) is 1.67. The van der Waals surface area contributed by atoms with Gasteiger partial charge in [0.2, 0.25) is 0 Å². The molecule has 0 fully saturated rings. The summed E-state index contributed by atoms with van der Waals surface area (Å²) < 4.78 is 2.17. The molecule has 0 saturated carbocycles. The Balaban J connectivity index is -0.000000175. The molecule has 36 heavy (non-hydrogen) atoms. The maximum Gasteiger partial charge on any atom is 0.0650 e. The summed E-state index contributed by atoms with van der Waals surface area (Å²) >= 11 is 0. The van der Waals surface area contributed by atoms with Crippen LogP contribution in [0.25, 0.3) is 10.9 Å². The molecule has 4 aromatic rings. The lowest BCUT2D eigenvalue weighted by atomic mass is 10.3. The minimum atomic E-state index is 0.602. The maximum atomic E-state index is 3.88. The van der Waals surface area contributed by atoms with Gasteiger partial charge in [-0.3, -0.25) is 5.10 Å². The monoisotopic (exact) mass is 500 g/mol. The molecule has 1 aromatic carbocycles. The number of nitrogens with zero attached hydrogens (tertiary/aromatic N) is 2. The molecular formula is C32H60N4. The summed E-state index contributed by atoms with van der Waals surface area (Å²) in [6.45, 7) is 29.3. The van der Waals surface area contributed by atoms with Crippen molar-refractivity contribution in [2.24, 2.45) is 11.8 Å². The molecule has 0 atom stereocenters. The van der Waals surface area contributed by atoms with Crippen molar-refractivity contribution >= 4 is 10.9 Å². The van der Waals surface area contributed by atoms with Crippen molar-refractivity contribution in [1.29, 1.82) is 0 Å². The second-order valence-corrected chi connectivity index (χ2v) is 8.53. The Kier molecular flexibility index (Phi) is 36.2. The van der Waals surface area contributed by atoms with Gasteiger partial charge >= 0.3 is 0 Å². The SMILES string of the molecule is CC.CC.CC.CC(C)C.CC(C)C.CC(C)n1cccc1.c1cc[nH]c1.c1ccc2[nH]ncc2c1. The average Bonchev–Trinajstić information content (AvgIpc) is 3.67. The number of para-hydroxylation sites is 1. The molecule has 3 aromatic heterocycles.